The normalized spacial score (nSPS) is 22.6. The van der Waals surface area contributed by atoms with Crippen LogP contribution in [0.4, 0.5) is 0 Å². The van der Waals surface area contributed by atoms with Gasteiger partial charge in [-0.1, -0.05) is 12.1 Å². The van der Waals surface area contributed by atoms with Gasteiger partial charge in [-0.2, -0.15) is 5.43 Å². The summed E-state index contributed by atoms with van der Waals surface area (Å²) in [6.07, 6.45) is 5.34. The molecule has 1 aromatic carbocycles. The molecule has 6 N–H and O–H groups in total. The maximum atomic E-state index is 6.08. The first-order valence-corrected chi connectivity index (χ1v) is 5.44. The molecule has 0 bridgehead atoms. The van der Waals surface area contributed by atoms with Crippen molar-refractivity contribution in [3.8, 4) is 5.69 Å². The fourth-order valence-electron chi connectivity index (χ4n) is 1.84. The number of aromatic nitrogens is 2. The van der Waals surface area contributed by atoms with E-state index < -0.39 is 5.79 Å². The molecular formula is C11H13N7. The van der Waals surface area contributed by atoms with Crippen molar-refractivity contribution in [2.45, 2.75) is 5.79 Å². The van der Waals surface area contributed by atoms with Gasteiger partial charge in [0.2, 0.25) is 11.7 Å². The zero-order valence-corrected chi connectivity index (χ0v) is 9.54. The van der Waals surface area contributed by atoms with Crippen molar-refractivity contribution < 1.29 is 0 Å². The SMILES string of the molecule is NC1=NC(N)(c2ccc(-n3ccnc3)cc2)NN1. The van der Waals surface area contributed by atoms with Crippen molar-refractivity contribution in [2.24, 2.45) is 16.5 Å². The van der Waals surface area contributed by atoms with Gasteiger partial charge in [0.05, 0.1) is 6.33 Å². The highest BCUT2D eigenvalue weighted by Crippen LogP contribution is 2.20. The Bertz CT molecular complexity index is 572. The molecule has 0 aliphatic carbocycles. The molecule has 7 heteroatoms. The standard InChI is InChI=1S/C11H13N7/c12-10-15-11(13,17-16-10)8-1-3-9(4-2-8)18-6-5-14-7-18/h1-7,17H,13H2,(H3,12,15,16). The van der Waals surface area contributed by atoms with Crippen LogP contribution < -0.4 is 22.3 Å². The lowest BCUT2D eigenvalue weighted by atomic mass is 10.1. The van der Waals surface area contributed by atoms with Crippen LogP contribution in [-0.2, 0) is 5.79 Å². The highest BCUT2D eigenvalue weighted by Gasteiger charge is 2.31. The third-order valence-corrected chi connectivity index (χ3v) is 2.79. The van der Waals surface area contributed by atoms with Crippen molar-refractivity contribution >= 4 is 5.96 Å². The summed E-state index contributed by atoms with van der Waals surface area (Å²) in [6, 6.07) is 7.67. The summed E-state index contributed by atoms with van der Waals surface area (Å²) in [7, 11) is 0. The highest BCUT2D eigenvalue weighted by molar-refractivity contribution is 5.79. The van der Waals surface area contributed by atoms with Crippen LogP contribution in [0.5, 0.6) is 0 Å². The van der Waals surface area contributed by atoms with Gasteiger partial charge in [-0.25, -0.2) is 9.98 Å². The van der Waals surface area contributed by atoms with Crippen LogP contribution in [0.3, 0.4) is 0 Å². The number of benzene rings is 1. The Morgan fingerprint density at radius 3 is 2.56 bits per heavy atom. The first kappa shape index (κ1) is 10.8. The number of hydrogen-bond donors (Lipinski definition) is 4. The van der Waals surface area contributed by atoms with E-state index in [1.165, 1.54) is 0 Å². The van der Waals surface area contributed by atoms with Crippen LogP contribution in [0.1, 0.15) is 5.56 Å². The molecule has 0 spiro atoms. The van der Waals surface area contributed by atoms with E-state index in [-0.39, 0.29) is 5.96 Å². The summed E-state index contributed by atoms with van der Waals surface area (Å²) in [5.74, 6) is -0.742. The molecule has 3 rings (SSSR count). The Hall–Kier alpha value is -2.38. The fraction of sp³-hybridized carbons (Fsp3) is 0.0909. The fourth-order valence-corrected chi connectivity index (χ4v) is 1.84. The number of hydrazine groups is 1. The van der Waals surface area contributed by atoms with Gasteiger partial charge < -0.3 is 10.3 Å². The summed E-state index contributed by atoms with van der Waals surface area (Å²) in [4.78, 5) is 8.11. The minimum Gasteiger partial charge on any atom is -0.369 e. The van der Waals surface area contributed by atoms with Gasteiger partial charge in [0.1, 0.15) is 0 Å². The predicted octanol–water partition coefficient (Wildman–Crippen LogP) is -0.636. The predicted molar refractivity (Wildman–Crippen MR) is 67.3 cm³/mol. The van der Waals surface area contributed by atoms with Gasteiger partial charge >= 0.3 is 0 Å². The Labute approximate surface area is 103 Å². The third-order valence-electron chi connectivity index (χ3n) is 2.79. The molecule has 0 fully saturated rings. The van der Waals surface area contributed by atoms with E-state index >= 15 is 0 Å². The molecule has 92 valence electrons. The second-order valence-corrected chi connectivity index (χ2v) is 4.03. The zero-order valence-electron chi connectivity index (χ0n) is 9.54. The Morgan fingerprint density at radius 2 is 2.00 bits per heavy atom. The molecule has 1 unspecified atom stereocenters. The van der Waals surface area contributed by atoms with E-state index in [1.807, 2.05) is 35.0 Å². The maximum absolute atomic E-state index is 6.08. The second-order valence-electron chi connectivity index (χ2n) is 4.03. The van der Waals surface area contributed by atoms with Gasteiger partial charge in [-0.15, -0.1) is 0 Å². The van der Waals surface area contributed by atoms with Crippen molar-refractivity contribution in [3.05, 3.63) is 48.5 Å². The largest absolute Gasteiger partial charge is 0.369 e. The summed E-state index contributed by atoms with van der Waals surface area (Å²) in [6.45, 7) is 0. The first-order valence-electron chi connectivity index (χ1n) is 5.44. The first-order chi connectivity index (χ1) is 8.67. The molecule has 2 aromatic rings. The van der Waals surface area contributed by atoms with Gasteiger partial charge in [-0.05, 0) is 12.1 Å². The molecule has 7 nitrogen and oxygen atoms in total. The second kappa shape index (κ2) is 3.83. The van der Waals surface area contributed by atoms with E-state index in [0.717, 1.165) is 11.3 Å². The number of rotatable bonds is 2. The van der Waals surface area contributed by atoms with E-state index in [4.69, 9.17) is 11.5 Å². The summed E-state index contributed by atoms with van der Waals surface area (Å²) in [5, 5.41) is 0. The summed E-state index contributed by atoms with van der Waals surface area (Å²) >= 11 is 0. The number of nitrogens with zero attached hydrogens (tertiary/aromatic N) is 3. The minimum atomic E-state index is -1.02. The van der Waals surface area contributed by atoms with E-state index in [2.05, 4.69) is 20.8 Å². The zero-order chi connectivity index (χ0) is 12.6. The van der Waals surface area contributed by atoms with E-state index in [9.17, 15) is 0 Å². The van der Waals surface area contributed by atoms with Crippen molar-refractivity contribution in [1.82, 2.24) is 20.4 Å². The Balaban J connectivity index is 1.92. The van der Waals surface area contributed by atoms with Crippen molar-refractivity contribution in [3.63, 3.8) is 0 Å². The molecule has 2 heterocycles. The molecule has 0 saturated heterocycles. The van der Waals surface area contributed by atoms with Crippen LogP contribution in [-0.4, -0.2) is 15.5 Å². The van der Waals surface area contributed by atoms with E-state index in [1.54, 1.807) is 12.5 Å². The number of guanidine groups is 1. The van der Waals surface area contributed by atoms with Crippen LogP contribution >= 0.6 is 0 Å². The minimum absolute atomic E-state index is 0.274. The number of nitrogens with two attached hydrogens (primary N) is 2. The van der Waals surface area contributed by atoms with Gasteiger partial charge in [0.15, 0.2) is 0 Å². The molecular weight excluding hydrogens is 230 g/mol. The average molecular weight is 243 g/mol. The topological polar surface area (TPSA) is 106 Å². The molecule has 1 atom stereocenters. The monoisotopic (exact) mass is 243 g/mol. The number of aliphatic imine (C=N–C) groups is 1. The molecule has 0 saturated carbocycles. The number of hydrogen-bond acceptors (Lipinski definition) is 6. The summed E-state index contributed by atoms with van der Waals surface area (Å²) < 4.78 is 1.91. The van der Waals surface area contributed by atoms with Gasteiger partial charge in [0, 0.05) is 23.6 Å². The quantitative estimate of drug-likeness (QED) is 0.561. The highest BCUT2D eigenvalue weighted by atomic mass is 15.6. The maximum Gasteiger partial charge on any atom is 0.209 e. The summed E-state index contributed by atoms with van der Waals surface area (Å²) in [5.41, 5.74) is 19.0. The third kappa shape index (κ3) is 1.71. The number of nitrogens with one attached hydrogen (secondary N) is 2. The van der Waals surface area contributed by atoms with Crippen molar-refractivity contribution in [1.29, 1.82) is 0 Å². The molecule has 0 radical (unpaired) electrons. The number of imidazole rings is 1. The van der Waals surface area contributed by atoms with E-state index in [0.29, 0.717) is 0 Å². The molecule has 1 aromatic heterocycles. The lowest BCUT2D eigenvalue weighted by molar-refractivity contribution is 0.375. The van der Waals surface area contributed by atoms with Gasteiger partial charge in [-0.3, -0.25) is 11.2 Å². The average Bonchev–Trinajstić information content (AvgIpc) is 3.00. The van der Waals surface area contributed by atoms with Crippen LogP contribution in [0.15, 0.2) is 48.0 Å². The van der Waals surface area contributed by atoms with Crippen molar-refractivity contribution in [2.75, 3.05) is 0 Å². The van der Waals surface area contributed by atoms with Crippen LogP contribution in [0.2, 0.25) is 0 Å². The van der Waals surface area contributed by atoms with Gasteiger partial charge in [0.25, 0.3) is 0 Å². The lowest BCUT2D eigenvalue weighted by Crippen LogP contribution is -2.50. The van der Waals surface area contributed by atoms with Crippen LogP contribution in [0, 0.1) is 0 Å². The van der Waals surface area contributed by atoms with Crippen LogP contribution in [0.25, 0.3) is 5.69 Å². The molecule has 1 aliphatic rings. The molecule has 0 amide bonds. The Kier molecular flexibility index (Phi) is 2.29. The lowest BCUT2D eigenvalue weighted by Gasteiger charge is -2.20. The molecule has 18 heavy (non-hydrogen) atoms. The Morgan fingerprint density at radius 1 is 1.22 bits per heavy atom. The molecule has 1 aliphatic heterocycles. The smallest absolute Gasteiger partial charge is 0.209 e.